The van der Waals surface area contributed by atoms with Gasteiger partial charge in [-0.05, 0) is 30.9 Å². The van der Waals surface area contributed by atoms with Gasteiger partial charge in [-0.1, -0.05) is 0 Å². The number of alkyl halides is 1. The van der Waals surface area contributed by atoms with Crippen LogP contribution in [0.1, 0.15) is 18.4 Å². The van der Waals surface area contributed by atoms with Gasteiger partial charge in [0.1, 0.15) is 0 Å². The van der Waals surface area contributed by atoms with Gasteiger partial charge in [0.05, 0.1) is 11.6 Å². The Bertz CT molecular complexity index is 503. The SMILES string of the molecule is ClCc1cn(CC2CC2)nc1-c1ccncc1. The lowest BCUT2D eigenvalue weighted by Gasteiger charge is -1.98. The predicted molar refractivity (Wildman–Crippen MR) is 67.7 cm³/mol. The lowest BCUT2D eigenvalue weighted by molar-refractivity contribution is 0.564. The van der Waals surface area contributed by atoms with Gasteiger partial charge in [0.2, 0.25) is 0 Å². The third-order valence-corrected chi connectivity index (χ3v) is 3.37. The van der Waals surface area contributed by atoms with Gasteiger partial charge in [0.25, 0.3) is 0 Å². The highest BCUT2D eigenvalue weighted by atomic mass is 35.5. The van der Waals surface area contributed by atoms with E-state index < -0.39 is 0 Å². The normalized spacial score (nSPS) is 15.1. The molecule has 4 heteroatoms. The fourth-order valence-electron chi connectivity index (χ4n) is 1.97. The average molecular weight is 248 g/mol. The minimum Gasteiger partial charge on any atom is -0.272 e. The maximum Gasteiger partial charge on any atom is 0.0968 e. The van der Waals surface area contributed by atoms with Gasteiger partial charge in [0.15, 0.2) is 0 Å². The number of aromatic nitrogens is 3. The topological polar surface area (TPSA) is 30.7 Å². The molecular formula is C13H14ClN3. The second-order valence-corrected chi connectivity index (χ2v) is 4.81. The molecule has 0 aliphatic heterocycles. The molecule has 2 heterocycles. The first kappa shape index (κ1) is 10.8. The molecule has 88 valence electrons. The second kappa shape index (κ2) is 4.49. The predicted octanol–water partition coefficient (Wildman–Crippen LogP) is 3.09. The molecule has 2 aromatic heterocycles. The van der Waals surface area contributed by atoms with Crippen LogP contribution in [0.5, 0.6) is 0 Å². The molecular weight excluding hydrogens is 234 g/mol. The summed E-state index contributed by atoms with van der Waals surface area (Å²) in [6, 6.07) is 3.94. The van der Waals surface area contributed by atoms with Gasteiger partial charge >= 0.3 is 0 Å². The Labute approximate surface area is 105 Å². The average Bonchev–Trinajstić information content (AvgIpc) is 3.08. The van der Waals surface area contributed by atoms with E-state index in [9.17, 15) is 0 Å². The summed E-state index contributed by atoms with van der Waals surface area (Å²) in [6.45, 7) is 1.02. The van der Waals surface area contributed by atoms with Gasteiger partial charge in [0, 0.05) is 36.3 Å². The molecule has 0 bridgehead atoms. The lowest BCUT2D eigenvalue weighted by Crippen LogP contribution is -1.99. The number of hydrogen-bond donors (Lipinski definition) is 0. The van der Waals surface area contributed by atoms with Crippen LogP contribution in [-0.2, 0) is 12.4 Å². The Morgan fingerprint density at radius 3 is 2.71 bits per heavy atom. The standard InChI is InChI=1S/C13H14ClN3/c14-7-12-9-17(8-10-1-2-10)16-13(12)11-3-5-15-6-4-11/h3-6,9-10H,1-2,7-8H2. The van der Waals surface area contributed by atoms with E-state index in [4.69, 9.17) is 11.6 Å². The Morgan fingerprint density at radius 1 is 1.29 bits per heavy atom. The Balaban J connectivity index is 1.94. The molecule has 3 nitrogen and oxygen atoms in total. The van der Waals surface area contributed by atoms with Crippen LogP contribution >= 0.6 is 11.6 Å². The van der Waals surface area contributed by atoms with Crippen LogP contribution in [0.4, 0.5) is 0 Å². The van der Waals surface area contributed by atoms with Crippen molar-refractivity contribution in [2.75, 3.05) is 0 Å². The Hall–Kier alpha value is -1.35. The van der Waals surface area contributed by atoms with Crippen LogP contribution in [0, 0.1) is 5.92 Å². The maximum absolute atomic E-state index is 5.98. The molecule has 1 aliphatic rings. The van der Waals surface area contributed by atoms with Crippen LogP contribution in [0.25, 0.3) is 11.3 Å². The molecule has 0 spiro atoms. The molecule has 0 aromatic carbocycles. The highest BCUT2D eigenvalue weighted by Gasteiger charge is 2.22. The highest BCUT2D eigenvalue weighted by molar-refractivity contribution is 6.17. The van der Waals surface area contributed by atoms with E-state index in [0.717, 1.165) is 29.3 Å². The Kier molecular flexibility index (Phi) is 2.85. The molecule has 1 fully saturated rings. The van der Waals surface area contributed by atoms with E-state index in [1.54, 1.807) is 12.4 Å². The molecule has 3 rings (SSSR count). The quantitative estimate of drug-likeness (QED) is 0.778. The number of pyridine rings is 1. The van der Waals surface area contributed by atoms with Crippen LogP contribution in [0.2, 0.25) is 0 Å². The second-order valence-electron chi connectivity index (χ2n) is 4.54. The number of nitrogens with zero attached hydrogens (tertiary/aromatic N) is 3. The number of halogens is 1. The van der Waals surface area contributed by atoms with E-state index in [1.165, 1.54) is 12.8 Å². The van der Waals surface area contributed by atoms with Crippen molar-refractivity contribution in [2.45, 2.75) is 25.3 Å². The molecule has 0 amide bonds. The maximum atomic E-state index is 5.98. The molecule has 2 aromatic rings. The molecule has 0 unspecified atom stereocenters. The van der Waals surface area contributed by atoms with Crippen molar-refractivity contribution in [1.29, 1.82) is 0 Å². The van der Waals surface area contributed by atoms with Crippen LogP contribution in [-0.4, -0.2) is 14.8 Å². The van der Waals surface area contributed by atoms with Crippen molar-refractivity contribution in [3.63, 3.8) is 0 Å². The van der Waals surface area contributed by atoms with E-state index in [1.807, 2.05) is 16.8 Å². The first-order valence-corrected chi connectivity index (χ1v) is 6.43. The third kappa shape index (κ3) is 2.34. The van der Waals surface area contributed by atoms with E-state index in [-0.39, 0.29) is 0 Å². The van der Waals surface area contributed by atoms with Crippen LogP contribution in [0.3, 0.4) is 0 Å². The summed E-state index contributed by atoms with van der Waals surface area (Å²) in [6.07, 6.45) is 8.31. The van der Waals surface area contributed by atoms with Crippen LogP contribution in [0.15, 0.2) is 30.7 Å². The summed E-state index contributed by atoms with van der Waals surface area (Å²) in [4.78, 5) is 4.02. The molecule has 0 radical (unpaired) electrons. The minimum absolute atomic E-state index is 0.502. The van der Waals surface area contributed by atoms with Crippen molar-refractivity contribution in [3.8, 4) is 11.3 Å². The molecule has 0 saturated heterocycles. The molecule has 0 N–H and O–H groups in total. The van der Waals surface area contributed by atoms with Gasteiger partial charge in [-0.25, -0.2) is 0 Å². The van der Waals surface area contributed by atoms with Crippen molar-refractivity contribution >= 4 is 11.6 Å². The fraction of sp³-hybridized carbons (Fsp3) is 0.385. The zero-order chi connectivity index (χ0) is 11.7. The largest absolute Gasteiger partial charge is 0.272 e. The smallest absolute Gasteiger partial charge is 0.0968 e. The number of hydrogen-bond acceptors (Lipinski definition) is 2. The van der Waals surface area contributed by atoms with E-state index in [2.05, 4.69) is 16.3 Å². The molecule has 17 heavy (non-hydrogen) atoms. The van der Waals surface area contributed by atoms with Crippen LogP contribution < -0.4 is 0 Å². The van der Waals surface area contributed by atoms with Crippen molar-refractivity contribution < 1.29 is 0 Å². The lowest BCUT2D eigenvalue weighted by atomic mass is 10.1. The summed E-state index contributed by atoms with van der Waals surface area (Å²) in [5.74, 6) is 1.32. The van der Waals surface area contributed by atoms with Gasteiger partial charge in [-0.3, -0.25) is 9.67 Å². The van der Waals surface area contributed by atoms with Gasteiger partial charge < -0.3 is 0 Å². The monoisotopic (exact) mass is 247 g/mol. The van der Waals surface area contributed by atoms with Crippen molar-refractivity contribution in [1.82, 2.24) is 14.8 Å². The number of rotatable bonds is 4. The van der Waals surface area contributed by atoms with Crippen molar-refractivity contribution in [3.05, 3.63) is 36.3 Å². The fourth-order valence-corrected chi connectivity index (χ4v) is 2.17. The highest BCUT2D eigenvalue weighted by Crippen LogP contribution is 2.31. The summed E-state index contributed by atoms with van der Waals surface area (Å²) >= 11 is 5.98. The van der Waals surface area contributed by atoms with E-state index >= 15 is 0 Å². The molecule has 1 saturated carbocycles. The van der Waals surface area contributed by atoms with Gasteiger partial charge in [-0.2, -0.15) is 5.10 Å². The van der Waals surface area contributed by atoms with Gasteiger partial charge in [-0.15, -0.1) is 11.6 Å². The minimum atomic E-state index is 0.502. The Morgan fingerprint density at radius 2 is 2.06 bits per heavy atom. The first-order valence-electron chi connectivity index (χ1n) is 5.89. The first-order chi connectivity index (χ1) is 8.36. The molecule has 0 atom stereocenters. The van der Waals surface area contributed by atoms with E-state index in [0.29, 0.717) is 5.88 Å². The zero-order valence-electron chi connectivity index (χ0n) is 9.51. The zero-order valence-corrected chi connectivity index (χ0v) is 10.3. The third-order valence-electron chi connectivity index (χ3n) is 3.08. The van der Waals surface area contributed by atoms with Crippen molar-refractivity contribution in [2.24, 2.45) is 5.92 Å². The molecule has 1 aliphatic carbocycles. The summed E-state index contributed by atoms with van der Waals surface area (Å²) in [7, 11) is 0. The summed E-state index contributed by atoms with van der Waals surface area (Å²) in [5.41, 5.74) is 3.17. The summed E-state index contributed by atoms with van der Waals surface area (Å²) in [5, 5.41) is 4.64. The summed E-state index contributed by atoms with van der Waals surface area (Å²) < 4.78 is 2.03.